The lowest BCUT2D eigenvalue weighted by atomic mass is 10.1. The number of carbonyl (C=O) groups is 2. The lowest BCUT2D eigenvalue weighted by Crippen LogP contribution is -2.38. The van der Waals surface area contributed by atoms with Gasteiger partial charge in [-0.15, -0.1) is 0 Å². The van der Waals surface area contributed by atoms with Crippen molar-refractivity contribution in [3.63, 3.8) is 0 Å². The first-order valence-electron chi connectivity index (χ1n) is 6.08. The van der Waals surface area contributed by atoms with Crippen LogP contribution in [-0.2, 0) is 9.53 Å². The van der Waals surface area contributed by atoms with Gasteiger partial charge < -0.3 is 15.4 Å². The van der Waals surface area contributed by atoms with Crippen LogP contribution in [0.5, 0.6) is 0 Å². The van der Waals surface area contributed by atoms with Gasteiger partial charge in [0.05, 0.1) is 29.3 Å². The second-order valence-electron chi connectivity index (χ2n) is 4.09. The SMILES string of the molecule is CCOC(=O)c1ccc(N2CCSCC2=O)c(N)c1. The zero-order valence-electron chi connectivity index (χ0n) is 10.7. The summed E-state index contributed by atoms with van der Waals surface area (Å²) in [6.07, 6.45) is 0. The van der Waals surface area contributed by atoms with Gasteiger partial charge in [-0.1, -0.05) is 0 Å². The van der Waals surface area contributed by atoms with E-state index < -0.39 is 5.97 Å². The van der Waals surface area contributed by atoms with Crippen molar-refractivity contribution in [3.05, 3.63) is 23.8 Å². The largest absolute Gasteiger partial charge is 0.462 e. The van der Waals surface area contributed by atoms with Crippen LogP contribution >= 0.6 is 11.8 Å². The summed E-state index contributed by atoms with van der Waals surface area (Å²) in [6.45, 7) is 2.72. The average Bonchev–Trinajstić information content (AvgIpc) is 2.40. The molecule has 1 aromatic carbocycles. The van der Waals surface area contributed by atoms with Gasteiger partial charge in [-0.3, -0.25) is 4.79 Å². The third-order valence-electron chi connectivity index (χ3n) is 2.82. The van der Waals surface area contributed by atoms with Crippen molar-refractivity contribution >= 4 is 35.0 Å². The average molecular weight is 280 g/mol. The number of nitrogens with zero attached hydrogens (tertiary/aromatic N) is 1. The molecule has 0 radical (unpaired) electrons. The quantitative estimate of drug-likeness (QED) is 0.671. The summed E-state index contributed by atoms with van der Waals surface area (Å²) in [5, 5.41) is 0. The van der Waals surface area contributed by atoms with Crippen LogP contribution in [0.2, 0.25) is 0 Å². The predicted molar refractivity (Wildman–Crippen MR) is 76.5 cm³/mol. The lowest BCUT2D eigenvalue weighted by Gasteiger charge is -2.27. The van der Waals surface area contributed by atoms with Crippen molar-refractivity contribution < 1.29 is 14.3 Å². The number of ether oxygens (including phenoxy) is 1. The number of esters is 1. The van der Waals surface area contributed by atoms with Gasteiger partial charge >= 0.3 is 5.97 Å². The van der Waals surface area contributed by atoms with E-state index in [4.69, 9.17) is 10.5 Å². The number of hydrogen-bond acceptors (Lipinski definition) is 5. The molecule has 0 spiro atoms. The van der Waals surface area contributed by atoms with Crippen LogP contribution in [0, 0.1) is 0 Å². The molecule has 5 nitrogen and oxygen atoms in total. The van der Waals surface area contributed by atoms with Crippen LogP contribution < -0.4 is 10.6 Å². The smallest absolute Gasteiger partial charge is 0.338 e. The predicted octanol–water partition coefficient (Wildman–Crippen LogP) is 1.53. The Kier molecular flexibility index (Phi) is 4.31. The molecule has 19 heavy (non-hydrogen) atoms. The molecule has 102 valence electrons. The Balaban J connectivity index is 2.23. The van der Waals surface area contributed by atoms with E-state index in [9.17, 15) is 9.59 Å². The Labute approximate surface area is 116 Å². The lowest BCUT2D eigenvalue weighted by molar-refractivity contribution is -0.116. The highest BCUT2D eigenvalue weighted by atomic mass is 32.2. The molecule has 0 aromatic heterocycles. The number of nitrogen functional groups attached to an aromatic ring is 1. The number of anilines is 2. The van der Waals surface area contributed by atoms with Crippen LogP contribution in [0.4, 0.5) is 11.4 Å². The molecule has 0 aliphatic carbocycles. The Morgan fingerprint density at radius 1 is 1.53 bits per heavy atom. The van der Waals surface area contributed by atoms with E-state index >= 15 is 0 Å². The summed E-state index contributed by atoms with van der Waals surface area (Å²) in [4.78, 5) is 25.1. The molecule has 1 aliphatic rings. The van der Waals surface area contributed by atoms with E-state index in [1.54, 1.807) is 41.8 Å². The summed E-state index contributed by atoms with van der Waals surface area (Å²) >= 11 is 1.62. The van der Waals surface area contributed by atoms with Gasteiger partial charge in [0.2, 0.25) is 5.91 Å². The third-order valence-corrected chi connectivity index (χ3v) is 3.74. The molecule has 0 saturated carbocycles. The fourth-order valence-electron chi connectivity index (χ4n) is 1.91. The maximum atomic E-state index is 11.8. The van der Waals surface area contributed by atoms with E-state index in [1.807, 2.05) is 0 Å². The van der Waals surface area contributed by atoms with Crippen molar-refractivity contribution in [2.24, 2.45) is 0 Å². The number of rotatable bonds is 3. The summed E-state index contributed by atoms with van der Waals surface area (Å²) in [7, 11) is 0. The summed E-state index contributed by atoms with van der Waals surface area (Å²) < 4.78 is 4.91. The number of thioether (sulfide) groups is 1. The Hall–Kier alpha value is -1.69. The van der Waals surface area contributed by atoms with Crippen molar-refractivity contribution in [2.75, 3.05) is 35.3 Å². The maximum absolute atomic E-state index is 11.8. The first kappa shape index (κ1) is 13.7. The van der Waals surface area contributed by atoms with E-state index in [0.29, 0.717) is 35.8 Å². The van der Waals surface area contributed by atoms with Gasteiger partial charge in [0.1, 0.15) is 0 Å². The highest BCUT2D eigenvalue weighted by Gasteiger charge is 2.22. The number of amides is 1. The van der Waals surface area contributed by atoms with Gasteiger partial charge in [0.25, 0.3) is 0 Å². The molecular formula is C13H16N2O3S. The van der Waals surface area contributed by atoms with E-state index in [2.05, 4.69) is 0 Å². The molecule has 2 N–H and O–H groups in total. The molecule has 1 heterocycles. The molecule has 2 rings (SSSR count). The van der Waals surface area contributed by atoms with Crippen LogP contribution in [-0.4, -0.2) is 36.5 Å². The van der Waals surface area contributed by atoms with Gasteiger partial charge in [0, 0.05) is 12.3 Å². The number of carbonyl (C=O) groups excluding carboxylic acids is 2. The van der Waals surface area contributed by atoms with E-state index in [1.165, 1.54) is 0 Å². The Morgan fingerprint density at radius 3 is 2.95 bits per heavy atom. The fraction of sp³-hybridized carbons (Fsp3) is 0.385. The summed E-state index contributed by atoms with van der Waals surface area (Å²) in [6, 6.07) is 4.90. The second kappa shape index (κ2) is 5.97. The van der Waals surface area contributed by atoms with Gasteiger partial charge in [0.15, 0.2) is 0 Å². The number of nitrogens with two attached hydrogens (primary N) is 1. The minimum Gasteiger partial charge on any atom is -0.462 e. The summed E-state index contributed by atoms with van der Waals surface area (Å²) in [5.41, 5.74) is 7.43. The van der Waals surface area contributed by atoms with Crippen LogP contribution in [0.15, 0.2) is 18.2 Å². The third kappa shape index (κ3) is 3.01. The van der Waals surface area contributed by atoms with Crippen molar-refractivity contribution in [1.29, 1.82) is 0 Å². The molecule has 0 atom stereocenters. The second-order valence-corrected chi connectivity index (χ2v) is 5.20. The molecule has 6 heteroatoms. The highest BCUT2D eigenvalue weighted by Crippen LogP contribution is 2.27. The Morgan fingerprint density at radius 2 is 2.32 bits per heavy atom. The molecule has 1 saturated heterocycles. The number of benzene rings is 1. The van der Waals surface area contributed by atoms with E-state index in [-0.39, 0.29) is 5.91 Å². The molecule has 1 fully saturated rings. The zero-order chi connectivity index (χ0) is 13.8. The molecule has 0 unspecified atom stereocenters. The monoisotopic (exact) mass is 280 g/mol. The van der Waals surface area contributed by atoms with Crippen LogP contribution in [0.3, 0.4) is 0 Å². The molecule has 1 amide bonds. The first-order chi connectivity index (χ1) is 9.13. The molecule has 0 bridgehead atoms. The minimum atomic E-state index is -0.402. The molecular weight excluding hydrogens is 264 g/mol. The fourth-order valence-corrected chi connectivity index (χ4v) is 2.70. The highest BCUT2D eigenvalue weighted by molar-refractivity contribution is 8.00. The normalized spacial score (nSPS) is 15.4. The Bertz CT molecular complexity index is 505. The zero-order valence-corrected chi connectivity index (χ0v) is 11.5. The minimum absolute atomic E-state index is 0.0480. The maximum Gasteiger partial charge on any atom is 0.338 e. The van der Waals surface area contributed by atoms with Gasteiger partial charge in [-0.2, -0.15) is 11.8 Å². The van der Waals surface area contributed by atoms with Crippen molar-refractivity contribution in [1.82, 2.24) is 0 Å². The summed E-state index contributed by atoms with van der Waals surface area (Å²) in [5.74, 6) is 1.01. The van der Waals surface area contributed by atoms with Crippen molar-refractivity contribution in [2.45, 2.75) is 6.92 Å². The van der Waals surface area contributed by atoms with E-state index in [0.717, 1.165) is 5.75 Å². The van der Waals surface area contributed by atoms with Crippen molar-refractivity contribution in [3.8, 4) is 0 Å². The first-order valence-corrected chi connectivity index (χ1v) is 7.23. The standard InChI is InChI=1S/C13H16N2O3S/c1-2-18-13(17)9-3-4-11(10(14)7-9)15-5-6-19-8-12(15)16/h3-4,7H,2,5-6,8,14H2,1H3. The van der Waals surface area contributed by atoms with Crippen LogP contribution in [0.1, 0.15) is 17.3 Å². The molecule has 1 aliphatic heterocycles. The van der Waals surface area contributed by atoms with Crippen LogP contribution in [0.25, 0.3) is 0 Å². The van der Waals surface area contributed by atoms with Gasteiger partial charge in [-0.05, 0) is 25.1 Å². The number of hydrogen-bond donors (Lipinski definition) is 1. The molecule has 1 aromatic rings. The topological polar surface area (TPSA) is 72.6 Å². The van der Waals surface area contributed by atoms with Gasteiger partial charge in [-0.25, -0.2) is 4.79 Å².